The number of nitrogens with zero attached hydrogens (tertiary/aromatic N) is 2. The second-order valence-corrected chi connectivity index (χ2v) is 4.71. The molecule has 0 saturated carbocycles. The Balaban J connectivity index is 2.47. The smallest absolute Gasteiger partial charge is 0.146 e. The summed E-state index contributed by atoms with van der Waals surface area (Å²) in [5, 5.41) is 7.20. The highest BCUT2D eigenvalue weighted by atomic mass is 32.1. The Morgan fingerprint density at radius 2 is 2.20 bits per heavy atom. The number of benzene rings is 1. The predicted molar refractivity (Wildman–Crippen MR) is 80.1 cm³/mol. The van der Waals surface area contributed by atoms with Gasteiger partial charge in [0.25, 0.3) is 0 Å². The number of halogens is 1. The number of anilines is 2. The van der Waals surface area contributed by atoms with E-state index in [1.807, 2.05) is 0 Å². The third-order valence-electron chi connectivity index (χ3n) is 2.90. The van der Waals surface area contributed by atoms with Crippen LogP contribution in [0.25, 0.3) is 0 Å². The van der Waals surface area contributed by atoms with E-state index < -0.39 is 5.82 Å². The van der Waals surface area contributed by atoms with Crippen LogP contribution in [0.15, 0.2) is 18.2 Å². The molecule has 0 radical (unpaired) electrons. The molecule has 0 unspecified atom stereocenters. The Bertz CT molecular complexity index is 669. The van der Waals surface area contributed by atoms with Gasteiger partial charge in [-0.15, -0.1) is 0 Å². The van der Waals surface area contributed by atoms with Gasteiger partial charge in [0.15, 0.2) is 0 Å². The van der Waals surface area contributed by atoms with Crippen molar-refractivity contribution in [2.45, 2.75) is 6.92 Å². The van der Waals surface area contributed by atoms with E-state index in [4.69, 9.17) is 22.7 Å². The van der Waals surface area contributed by atoms with Crippen molar-refractivity contribution >= 4 is 28.7 Å². The zero-order valence-electron chi connectivity index (χ0n) is 11.4. The van der Waals surface area contributed by atoms with Crippen molar-refractivity contribution in [3.63, 3.8) is 0 Å². The Hall–Kier alpha value is -2.15. The van der Waals surface area contributed by atoms with E-state index in [1.54, 1.807) is 30.8 Å². The summed E-state index contributed by atoms with van der Waals surface area (Å²) in [6.07, 6.45) is 0. The summed E-state index contributed by atoms with van der Waals surface area (Å²) in [5.74, 6) is 0.686. The van der Waals surface area contributed by atoms with E-state index in [9.17, 15) is 4.39 Å². The van der Waals surface area contributed by atoms with E-state index in [2.05, 4.69) is 10.4 Å². The van der Waals surface area contributed by atoms with Crippen LogP contribution in [0.4, 0.5) is 15.9 Å². The minimum absolute atomic E-state index is 0.210. The normalized spacial score (nSPS) is 10.4. The van der Waals surface area contributed by atoms with Gasteiger partial charge in [-0.05, 0) is 19.1 Å². The van der Waals surface area contributed by atoms with Gasteiger partial charge in [0.2, 0.25) is 0 Å². The van der Waals surface area contributed by atoms with Gasteiger partial charge < -0.3 is 15.8 Å². The molecule has 0 aliphatic carbocycles. The molecule has 0 amide bonds. The molecule has 1 aromatic heterocycles. The van der Waals surface area contributed by atoms with Crippen LogP contribution in [-0.2, 0) is 7.05 Å². The Morgan fingerprint density at radius 1 is 1.50 bits per heavy atom. The van der Waals surface area contributed by atoms with E-state index in [-0.39, 0.29) is 10.7 Å². The van der Waals surface area contributed by atoms with Crippen molar-refractivity contribution in [2.24, 2.45) is 12.8 Å². The van der Waals surface area contributed by atoms with E-state index in [0.29, 0.717) is 22.8 Å². The summed E-state index contributed by atoms with van der Waals surface area (Å²) in [7, 11) is 3.25. The molecule has 0 aliphatic heterocycles. The number of nitrogens with two attached hydrogens (primary N) is 1. The lowest BCUT2D eigenvalue weighted by molar-refractivity contribution is 0.414. The second-order valence-electron chi connectivity index (χ2n) is 4.27. The molecule has 0 spiro atoms. The van der Waals surface area contributed by atoms with Crippen molar-refractivity contribution in [3.8, 4) is 5.75 Å². The first kappa shape index (κ1) is 14.3. The molecule has 2 rings (SSSR count). The van der Waals surface area contributed by atoms with Crippen LogP contribution in [0.2, 0.25) is 0 Å². The topological polar surface area (TPSA) is 65.1 Å². The largest absolute Gasteiger partial charge is 0.497 e. The van der Waals surface area contributed by atoms with Crippen molar-refractivity contribution in [2.75, 3.05) is 12.4 Å². The zero-order chi connectivity index (χ0) is 14.9. The number of aryl methyl sites for hydroxylation is 2. The molecule has 7 heteroatoms. The molecule has 1 heterocycles. The fourth-order valence-electron chi connectivity index (χ4n) is 1.95. The molecule has 0 aliphatic rings. The van der Waals surface area contributed by atoms with Gasteiger partial charge in [-0.1, -0.05) is 12.2 Å². The fraction of sp³-hybridized carbons (Fsp3) is 0.231. The molecule has 0 atom stereocenters. The molecule has 5 nitrogen and oxygen atoms in total. The average Bonchev–Trinajstić information content (AvgIpc) is 2.66. The third kappa shape index (κ3) is 2.57. The summed E-state index contributed by atoms with van der Waals surface area (Å²) in [5.41, 5.74) is 7.25. The summed E-state index contributed by atoms with van der Waals surface area (Å²) < 4.78 is 20.5. The quantitative estimate of drug-likeness (QED) is 0.847. The first-order valence-electron chi connectivity index (χ1n) is 5.88. The van der Waals surface area contributed by atoms with Gasteiger partial charge in [-0.2, -0.15) is 5.10 Å². The van der Waals surface area contributed by atoms with Crippen LogP contribution in [0.1, 0.15) is 11.3 Å². The number of hydrogen-bond acceptors (Lipinski definition) is 4. The number of rotatable bonds is 4. The average molecular weight is 294 g/mol. The van der Waals surface area contributed by atoms with E-state index in [1.165, 1.54) is 13.2 Å². The number of hydrogen-bond donors (Lipinski definition) is 2. The number of aromatic nitrogens is 2. The van der Waals surface area contributed by atoms with Crippen molar-refractivity contribution in [1.82, 2.24) is 9.78 Å². The lowest BCUT2D eigenvalue weighted by Crippen LogP contribution is -2.13. The van der Waals surface area contributed by atoms with Crippen molar-refractivity contribution in [3.05, 3.63) is 35.3 Å². The summed E-state index contributed by atoms with van der Waals surface area (Å²) in [4.78, 5) is 0.210. The zero-order valence-corrected chi connectivity index (χ0v) is 12.2. The molecule has 1 aromatic carbocycles. The summed E-state index contributed by atoms with van der Waals surface area (Å²) in [6, 6.07) is 4.43. The molecule has 2 aromatic rings. The van der Waals surface area contributed by atoms with Gasteiger partial charge in [-0.25, -0.2) is 4.39 Å². The number of nitrogens with one attached hydrogen (secondary N) is 1. The van der Waals surface area contributed by atoms with Gasteiger partial charge in [0.05, 0.1) is 24.1 Å². The van der Waals surface area contributed by atoms with Crippen molar-refractivity contribution in [1.29, 1.82) is 0 Å². The molecular formula is C13H15FN4OS. The number of methoxy groups -OCH3 is 1. The minimum atomic E-state index is -0.404. The first-order valence-corrected chi connectivity index (χ1v) is 6.28. The van der Waals surface area contributed by atoms with Gasteiger partial charge in [-0.3, -0.25) is 4.68 Å². The third-order valence-corrected chi connectivity index (χ3v) is 3.10. The Labute approximate surface area is 121 Å². The highest BCUT2D eigenvalue weighted by molar-refractivity contribution is 7.80. The SMILES string of the molecule is COc1ccc(F)c(Nc2c(C(N)=S)c(C)nn2C)c1. The highest BCUT2D eigenvalue weighted by Gasteiger charge is 2.17. The van der Waals surface area contributed by atoms with Crippen LogP contribution in [0.5, 0.6) is 5.75 Å². The maximum atomic E-state index is 13.9. The van der Waals surface area contributed by atoms with Gasteiger partial charge >= 0.3 is 0 Å². The molecule has 106 valence electrons. The Morgan fingerprint density at radius 3 is 2.80 bits per heavy atom. The first-order chi connectivity index (χ1) is 9.43. The lowest BCUT2D eigenvalue weighted by atomic mass is 10.2. The lowest BCUT2D eigenvalue weighted by Gasteiger charge is -2.11. The standard InChI is InChI=1S/C13H15FN4OS/c1-7-11(12(15)20)13(18(2)17-7)16-10-6-8(19-3)4-5-9(10)14/h4-6,16H,1-3H3,(H2,15,20). The molecule has 20 heavy (non-hydrogen) atoms. The second kappa shape index (κ2) is 5.46. The van der Waals surface area contributed by atoms with Crippen LogP contribution in [0.3, 0.4) is 0 Å². The minimum Gasteiger partial charge on any atom is -0.497 e. The number of thiocarbonyl (C=S) groups is 1. The maximum Gasteiger partial charge on any atom is 0.146 e. The Kier molecular flexibility index (Phi) is 3.89. The van der Waals surface area contributed by atoms with Crippen LogP contribution in [0, 0.1) is 12.7 Å². The van der Waals surface area contributed by atoms with Gasteiger partial charge in [0.1, 0.15) is 22.4 Å². The monoisotopic (exact) mass is 294 g/mol. The summed E-state index contributed by atoms with van der Waals surface area (Å²) >= 11 is 5.01. The fourth-order valence-corrected chi connectivity index (χ4v) is 2.20. The molecule has 3 N–H and O–H groups in total. The van der Waals surface area contributed by atoms with Gasteiger partial charge in [0, 0.05) is 13.1 Å². The summed E-state index contributed by atoms with van der Waals surface area (Å²) in [6.45, 7) is 1.79. The molecule has 0 saturated heterocycles. The molecule has 0 fully saturated rings. The van der Waals surface area contributed by atoms with E-state index in [0.717, 1.165) is 0 Å². The molecular weight excluding hydrogens is 279 g/mol. The van der Waals surface area contributed by atoms with Crippen molar-refractivity contribution < 1.29 is 9.13 Å². The van der Waals surface area contributed by atoms with E-state index >= 15 is 0 Å². The van der Waals surface area contributed by atoms with Crippen LogP contribution in [-0.4, -0.2) is 21.9 Å². The highest BCUT2D eigenvalue weighted by Crippen LogP contribution is 2.27. The number of ether oxygens (including phenoxy) is 1. The maximum absolute atomic E-state index is 13.9. The van der Waals surface area contributed by atoms with Crippen LogP contribution < -0.4 is 15.8 Å². The van der Waals surface area contributed by atoms with Crippen LogP contribution >= 0.6 is 12.2 Å². The molecule has 0 bridgehead atoms. The predicted octanol–water partition coefficient (Wildman–Crippen LogP) is 2.25.